The summed E-state index contributed by atoms with van der Waals surface area (Å²) in [5, 5.41) is 6.33. The summed E-state index contributed by atoms with van der Waals surface area (Å²) in [6.07, 6.45) is 4.65. The van der Waals surface area contributed by atoms with Gasteiger partial charge in [-0.1, -0.05) is 0 Å². The Morgan fingerprint density at radius 3 is 2.47 bits per heavy atom. The van der Waals surface area contributed by atoms with E-state index >= 15 is 0 Å². The predicted octanol–water partition coefficient (Wildman–Crippen LogP) is -0.0512. The lowest BCUT2D eigenvalue weighted by atomic mass is 10.1. The van der Waals surface area contributed by atoms with Crippen LogP contribution in [0.2, 0.25) is 0 Å². The van der Waals surface area contributed by atoms with Crippen molar-refractivity contribution in [2.24, 2.45) is 0 Å². The maximum Gasteiger partial charge on any atom is 0.234 e. The minimum Gasteiger partial charge on any atom is -0.352 e. The molecule has 0 aromatic rings. The van der Waals surface area contributed by atoms with Crippen LogP contribution in [0.15, 0.2) is 0 Å². The zero-order chi connectivity index (χ0) is 10.7. The monoisotopic (exact) mass is 211 g/mol. The molecule has 4 nitrogen and oxygen atoms in total. The van der Waals surface area contributed by atoms with Crippen LogP contribution in [0.4, 0.5) is 0 Å². The van der Waals surface area contributed by atoms with Gasteiger partial charge in [-0.3, -0.25) is 4.79 Å². The van der Waals surface area contributed by atoms with Gasteiger partial charge < -0.3 is 15.5 Å². The zero-order valence-electron chi connectivity index (χ0n) is 9.46. The summed E-state index contributed by atoms with van der Waals surface area (Å²) in [4.78, 5) is 13.8. The molecule has 2 rings (SSSR count). The number of hydrogen-bond donors (Lipinski definition) is 2. The second kappa shape index (κ2) is 4.94. The molecule has 4 heteroatoms. The molecule has 0 spiro atoms. The van der Waals surface area contributed by atoms with Crippen molar-refractivity contribution in [1.29, 1.82) is 0 Å². The SMILES string of the molecule is CN1CCC(NC(=O)CNC2CC2)CC1. The van der Waals surface area contributed by atoms with Gasteiger partial charge in [-0.05, 0) is 45.8 Å². The first-order valence-electron chi connectivity index (χ1n) is 5.95. The topological polar surface area (TPSA) is 44.4 Å². The van der Waals surface area contributed by atoms with Crippen LogP contribution in [-0.2, 0) is 4.79 Å². The first-order valence-corrected chi connectivity index (χ1v) is 5.95. The molecule has 1 heterocycles. The molecule has 1 saturated heterocycles. The molecule has 2 N–H and O–H groups in total. The third kappa shape index (κ3) is 3.80. The third-order valence-electron chi connectivity index (χ3n) is 3.21. The van der Waals surface area contributed by atoms with Crippen LogP contribution < -0.4 is 10.6 Å². The van der Waals surface area contributed by atoms with Crippen molar-refractivity contribution in [3.8, 4) is 0 Å². The number of carbonyl (C=O) groups is 1. The maximum absolute atomic E-state index is 11.5. The molecule has 0 unspecified atom stereocenters. The zero-order valence-corrected chi connectivity index (χ0v) is 9.46. The van der Waals surface area contributed by atoms with Crippen molar-refractivity contribution in [1.82, 2.24) is 15.5 Å². The van der Waals surface area contributed by atoms with Crippen LogP contribution in [0.3, 0.4) is 0 Å². The van der Waals surface area contributed by atoms with Crippen LogP contribution in [0, 0.1) is 0 Å². The number of piperidine rings is 1. The Morgan fingerprint density at radius 2 is 1.87 bits per heavy atom. The molecule has 0 aromatic heterocycles. The summed E-state index contributed by atoms with van der Waals surface area (Å²) in [6, 6.07) is 1.02. The van der Waals surface area contributed by atoms with Gasteiger partial charge >= 0.3 is 0 Å². The van der Waals surface area contributed by atoms with Gasteiger partial charge in [0.15, 0.2) is 0 Å². The minimum absolute atomic E-state index is 0.163. The largest absolute Gasteiger partial charge is 0.352 e. The molecule has 0 aromatic carbocycles. The molecule has 1 aliphatic heterocycles. The minimum atomic E-state index is 0.163. The lowest BCUT2D eigenvalue weighted by Gasteiger charge is -2.29. The summed E-state index contributed by atoms with van der Waals surface area (Å²) < 4.78 is 0. The van der Waals surface area contributed by atoms with Gasteiger partial charge in [-0.2, -0.15) is 0 Å². The average molecular weight is 211 g/mol. The summed E-state index contributed by atoms with van der Waals surface area (Å²) >= 11 is 0. The van der Waals surface area contributed by atoms with E-state index in [1.54, 1.807) is 0 Å². The Bertz CT molecular complexity index is 220. The van der Waals surface area contributed by atoms with E-state index in [-0.39, 0.29) is 5.91 Å². The van der Waals surface area contributed by atoms with E-state index in [4.69, 9.17) is 0 Å². The van der Waals surface area contributed by atoms with Gasteiger partial charge in [0.1, 0.15) is 0 Å². The summed E-state index contributed by atoms with van der Waals surface area (Å²) in [7, 11) is 2.13. The van der Waals surface area contributed by atoms with Gasteiger partial charge in [0.05, 0.1) is 6.54 Å². The smallest absolute Gasteiger partial charge is 0.234 e. The van der Waals surface area contributed by atoms with Gasteiger partial charge in [0, 0.05) is 12.1 Å². The Labute approximate surface area is 91.4 Å². The molecular formula is C11H21N3O. The van der Waals surface area contributed by atoms with Crippen LogP contribution in [0.5, 0.6) is 0 Å². The van der Waals surface area contributed by atoms with E-state index in [2.05, 4.69) is 22.6 Å². The highest BCUT2D eigenvalue weighted by Crippen LogP contribution is 2.18. The second-order valence-electron chi connectivity index (χ2n) is 4.80. The normalized spacial score (nSPS) is 24.1. The van der Waals surface area contributed by atoms with Gasteiger partial charge in [0.2, 0.25) is 5.91 Å². The maximum atomic E-state index is 11.5. The highest BCUT2D eigenvalue weighted by molar-refractivity contribution is 5.78. The van der Waals surface area contributed by atoms with Crippen LogP contribution in [-0.4, -0.2) is 49.6 Å². The first kappa shape index (κ1) is 10.9. The Morgan fingerprint density at radius 1 is 1.20 bits per heavy atom. The average Bonchev–Trinajstić information content (AvgIpc) is 3.02. The molecular weight excluding hydrogens is 190 g/mol. The van der Waals surface area contributed by atoms with Crippen LogP contribution in [0.1, 0.15) is 25.7 Å². The number of nitrogens with zero attached hydrogens (tertiary/aromatic N) is 1. The second-order valence-corrected chi connectivity index (χ2v) is 4.80. The summed E-state index contributed by atoms with van der Waals surface area (Å²) in [5.74, 6) is 0.163. The lowest BCUT2D eigenvalue weighted by molar-refractivity contribution is -0.121. The Hall–Kier alpha value is -0.610. The molecule has 0 radical (unpaired) electrons. The molecule has 0 bridgehead atoms. The van der Waals surface area contributed by atoms with Crippen LogP contribution >= 0.6 is 0 Å². The van der Waals surface area contributed by atoms with E-state index in [0.29, 0.717) is 18.6 Å². The van der Waals surface area contributed by atoms with E-state index in [1.165, 1.54) is 12.8 Å². The van der Waals surface area contributed by atoms with Crippen molar-refractivity contribution < 1.29 is 4.79 Å². The van der Waals surface area contributed by atoms with Gasteiger partial charge in [0.25, 0.3) is 0 Å². The quantitative estimate of drug-likeness (QED) is 0.685. The number of nitrogens with one attached hydrogen (secondary N) is 2. The number of rotatable bonds is 4. The fourth-order valence-corrected chi connectivity index (χ4v) is 1.96. The highest BCUT2D eigenvalue weighted by atomic mass is 16.2. The molecule has 1 amide bonds. The third-order valence-corrected chi connectivity index (χ3v) is 3.21. The lowest BCUT2D eigenvalue weighted by Crippen LogP contribution is -2.46. The predicted molar refractivity (Wildman–Crippen MR) is 59.7 cm³/mol. The van der Waals surface area contributed by atoms with Crippen molar-refractivity contribution in [2.45, 2.75) is 37.8 Å². The van der Waals surface area contributed by atoms with Gasteiger partial charge in [-0.25, -0.2) is 0 Å². The molecule has 2 fully saturated rings. The van der Waals surface area contributed by atoms with E-state index < -0.39 is 0 Å². The van der Waals surface area contributed by atoms with Gasteiger partial charge in [-0.15, -0.1) is 0 Å². The fraction of sp³-hybridized carbons (Fsp3) is 0.909. The molecule has 0 atom stereocenters. The number of hydrogen-bond acceptors (Lipinski definition) is 3. The highest BCUT2D eigenvalue weighted by Gasteiger charge is 2.22. The van der Waals surface area contributed by atoms with Crippen molar-refractivity contribution in [3.63, 3.8) is 0 Å². The number of carbonyl (C=O) groups excluding carboxylic acids is 1. The molecule has 1 saturated carbocycles. The first-order chi connectivity index (χ1) is 7.24. The fourth-order valence-electron chi connectivity index (χ4n) is 1.96. The van der Waals surface area contributed by atoms with E-state index in [0.717, 1.165) is 25.9 Å². The summed E-state index contributed by atoms with van der Waals surface area (Å²) in [5.41, 5.74) is 0. The summed E-state index contributed by atoms with van der Waals surface area (Å²) in [6.45, 7) is 2.69. The molecule has 15 heavy (non-hydrogen) atoms. The van der Waals surface area contributed by atoms with E-state index in [9.17, 15) is 4.79 Å². The van der Waals surface area contributed by atoms with Crippen molar-refractivity contribution in [3.05, 3.63) is 0 Å². The van der Waals surface area contributed by atoms with Crippen molar-refractivity contribution >= 4 is 5.91 Å². The number of likely N-dealkylation sites (tertiary alicyclic amines) is 1. The Kier molecular flexibility index (Phi) is 3.59. The van der Waals surface area contributed by atoms with Crippen LogP contribution in [0.25, 0.3) is 0 Å². The molecule has 1 aliphatic carbocycles. The number of amides is 1. The standard InChI is InChI=1S/C11H21N3O/c1-14-6-4-10(5-7-14)13-11(15)8-12-9-2-3-9/h9-10,12H,2-8H2,1H3,(H,13,15). The Balaban J connectivity index is 1.60. The van der Waals surface area contributed by atoms with E-state index in [1.807, 2.05) is 0 Å². The molecule has 2 aliphatic rings. The van der Waals surface area contributed by atoms with Crippen molar-refractivity contribution in [2.75, 3.05) is 26.7 Å². The molecule has 86 valence electrons.